The van der Waals surface area contributed by atoms with Crippen LogP contribution < -0.4 is 0 Å². The van der Waals surface area contributed by atoms with E-state index in [4.69, 9.17) is 0 Å². The van der Waals surface area contributed by atoms with Gasteiger partial charge in [0.2, 0.25) is 0 Å². The van der Waals surface area contributed by atoms with Crippen molar-refractivity contribution in [2.75, 3.05) is 14.1 Å². The Balaban J connectivity index is 2.76. The fourth-order valence-electron chi connectivity index (χ4n) is 1.66. The Morgan fingerprint density at radius 2 is 1.12 bits per heavy atom. The first-order valence-electron chi connectivity index (χ1n) is 4.98. The Morgan fingerprint density at radius 1 is 0.688 bits per heavy atom. The van der Waals surface area contributed by atoms with E-state index in [9.17, 15) is 0 Å². The van der Waals surface area contributed by atoms with Gasteiger partial charge in [-0.1, -0.05) is 24.3 Å². The average molecular weight is 212 g/mol. The lowest BCUT2D eigenvalue weighted by Gasteiger charge is -2.03. The maximum absolute atomic E-state index is 4.09. The average Bonchev–Trinajstić information content (AvgIpc) is 2.33. The smallest absolute Gasteiger partial charge is 0.0932 e. The van der Waals surface area contributed by atoms with Gasteiger partial charge in [0.25, 0.3) is 0 Å². The van der Waals surface area contributed by atoms with E-state index in [1.807, 2.05) is 36.4 Å². The van der Waals surface area contributed by atoms with Crippen molar-refractivity contribution in [2.45, 2.75) is 0 Å². The van der Waals surface area contributed by atoms with Gasteiger partial charge < -0.3 is 0 Å². The van der Waals surface area contributed by atoms with Gasteiger partial charge in [-0.15, -0.1) is 0 Å². The largest absolute Gasteiger partial charge is 0.192 e. The summed E-state index contributed by atoms with van der Waals surface area (Å²) in [7, 11) is 3.32. The van der Waals surface area contributed by atoms with Crippen LogP contribution in [0.1, 0.15) is 0 Å². The second kappa shape index (κ2) is 4.61. The van der Waals surface area contributed by atoms with Crippen LogP contribution in [-0.4, -0.2) is 14.1 Å². The SMILES string of the molecule is CN=Nc1ccc(N=NC)c2ccccc12. The predicted octanol–water partition coefficient (Wildman–Crippen LogP) is 4.27. The normalized spacial score (nSPS) is 11.9. The van der Waals surface area contributed by atoms with Crippen molar-refractivity contribution >= 4 is 22.1 Å². The predicted molar refractivity (Wildman–Crippen MR) is 64.8 cm³/mol. The molecule has 4 heteroatoms. The maximum atomic E-state index is 4.09. The molecule has 16 heavy (non-hydrogen) atoms. The Hall–Kier alpha value is -2.10. The molecule has 0 amide bonds. The van der Waals surface area contributed by atoms with Gasteiger partial charge in [-0.2, -0.15) is 20.5 Å². The highest BCUT2D eigenvalue weighted by Gasteiger charge is 2.03. The molecule has 0 fully saturated rings. The number of fused-ring (bicyclic) bond motifs is 1. The van der Waals surface area contributed by atoms with Crippen LogP contribution in [-0.2, 0) is 0 Å². The summed E-state index contributed by atoms with van der Waals surface area (Å²) in [6.07, 6.45) is 0. The van der Waals surface area contributed by atoms with Crippen LogP contribution in [0.2, 0.25) is 0 Å². The first-order valence-corrected chi connectivity index (χ1v) is 4.98. The van der Waals surface area contributed by atoms with Crippen molar-refractivity contribution in [3.63, 3.8) is 0 Å². The first kappa shape index (κ1) is 10.4. The number of azo groups is 2. The van der Waals surface area contributed by atoms with E-state index in [-0.39, 0.29) is 0 Å². The van der Waals surface area contributed by atoms with Crippen molar-refractivity contribution in [3.8, 4) is 0 Å². The number of hydrogen-bond acceptors (Lipinski definition) is 4. The first-order chi connectivity index (χ1) is 7.86. The Morgan fingerprint density at radius 3 is 1.50 bits per heavy atom. The summed E-state index contributed by atoms with van der Waals surface area (Å²) in [6.45, 7) is 0. The number of benzene rings is 2. The lowest BCUT2D eigenvalue weighted by molar-refractivity contribution is 1.16. The summed E-state index contributed by atoms with van der Waals surface area (Å²) in [4.78, 5) is 0. The van der Waals surface area contributed by atoms with E-state index in [0.717, 1.165) is 22.1 Å². The molecule has 80 valence electrons. The molecule has 0 aliphatic rings. The summed E-state index contributed by atoms with van der Waals surface area (Å²) in [5, 5.41) is 17.9. The molecule has 0 bridgehead atoms. The van der Waals surface area contributed by atoms with Crippen molar-refractivity contribution in [1.29, 1.82) is 0 Å². The Kier molecular flexibility index (Phi) is 3.00. The summed E-state index contributed by atoms with van der Waals surface area (Å²) >= 11 is 0. The van der Waals surface area contributed by atoms with Gasteiger partial charge in [-0.05, 0) is 12.1 Å². The fraction of sp³-hybridized carbons (Fsp3) is 0.167. The summed E-state index contributed by atoms with van der Waals surface area (Å²) in [6, 6.07) is 11.8. The minimum absolute atomic E-state index is 0.855. The van der Waals surface area contributed by atoms with E-state index in [1.165, 1.54) is 0 Å². The molecule has 2 aromatic rings. The summed E-state index contributed by atoms with van der Waals surface area (Å²) in [5.74, 6) is 0. The third kappa shape index (κ3) is 1.82. The Labute approximate surface area is 93.7 Å². The van der Waals surface area contributed by atoms with Gasteiger partial charge in [-0.25, -0.2) is 0 Å². The monoisotopic (exact) mass is 212 g/mol. The van der Waals surface area contributed by atoms with Gasteiger partial charge in [0.15, 0.2) is 0 Å². The van der Waals surface area contributed by atoms with Crippen LogP contribution in [0.3, 0.4) is 0 Å². The van der Waals surface area contributed by atoms with Gasteiger partial charge in [-0.3, -0.25) is 0 Å². The molecule has 0 aromatic heterocycles. The van der Waals surface area contributed by atoms with E-state index in [2.05, 4.69) is 20.5 Å². The minimum Gasteiger partial charge on any atom is -0.192 e. The van der Waals surface area contributed by atoms with Crippen molar-refractivity contribution in [1.82, 2.24) is 0 Å². The molecule has 0 aliphatic carbocycles. The van der Waals surface area contributed by atoms with E-state index >= 15 is 0 Å². The molecule has 0 radical (unpaired) electrons. The highest BCUT2D eigenvalue weighted by atomic mass is 15.1. The number of nitrogens with zero attached hydrogens (tertiary/aromatic N) is 4. The van der Waals surface area contributed by atoms with Gasteiger partial charge in [0, 0.05) is 24.9 Å². The lowest BCUT2D eigenvalue weighted by atomic mass is 10.1. The summed E-state index contributed by atoms with van der Waals surface area (Å²) < 4.78 is 0. The quantitative estimate of drug-likeness (QED) is 0.667. The zero-order valence-corrected chi connectivity index (χ0v) is 9.25. The van der Waals surface area contributed by atoms with E-state index < -0.39 is 0 Å². The molecule has 0 heterocycles. The third-order valence-corrected chi connectivity index (χ3v) is 2.29. The highest BCUT2D eigenvalue weighted by Crippen LogP contribution is 2.33. The summed E-state index contributed by atoms with van der Waals surface area (Å²) in [5.41, 5.74) is 1.71. The second-order valence-electron chi connectivity index (χ2n) is 3.25. The van der Waals surface area contributed by atoms with Crippen LogP contribution in [0.15, 0.2) is 56.9 Å². The van der Waals surface area contributed by atoms with Crippen LogP contribution in [0.4, 0.5) is 11.4 Å². The lowest BCUT2D eigenvalue weighted by Crippen LogP contribution is -1.74. The third-order valence-electron chi connectivity index (χ3n) is 2.29. The van der Waals surface area contributed by atoms with Gasteiger partial charge in [0.1, 0.15) is 0 Å². The molecule has 0 saturated heterocycles. The van der Waals surface area contributed by atoms with Gasteiger partial charge >= 0.3 is 0 Å². The molecule has 0 aliphatic heterocycles. The molecule has 2 rings (SSSR count). The van der Waals surface area contributed by atoms with Crippen LogP contribution >= 0.6 is 0 Å². The van der Waals surface area contributed by atoms with Crippen LogP contribution in [0, 0.1) is 0 Å². The molecule has 0 N–H and O–H groups in total. The Bertz CT molecular complexity index is 507. The molecule has 0 saturated carbocycles. The molecular weight excluding hydrogens is 200 g/mol. The molecular formula is C12H12N4. The molecule has 0 unspecified atom stereocenters. The zero-order valence-electron chi connectivity index (χ0n) is 9.25. The number of hydrogen-bond donors (Lipinski definition) is 0. The van der Waals surface area contributed by atoms with Crippen molar-refractivity contribution in [2.24, 2.45) is 20.5 Å². The number of rotatable bonds is 2. The fourth-order valence-corrected chi connectivity index (χ4v) is 1.66. The molecule has 0 spiro atoms. The second-order valence-corrected chi connectivity index (χ2v) is 3.25. The minimum atomic E-state index is 0.855. The van der Waals surface area contributed by atoms with Gasteiger partial charge in [0.05, 0.1) is 11.4 Å². The van der Waals surface area contributed by atoms with Crippen molar-refractivity contribution < 1.29 is 0 Å². The maximum Gasteiger partial charge on any atom is 0.0932 e. The highest BCUT2D eigenvalue weighted by molar-refractivity contribution is 5.99. The molecule has 4 nitrogen and oxygen atoms in total. The molecule has 2 aromatic carbocycles. The van der Waals surface area contributed by atoms with Crippen LogP contribution in [0.25, 0.3) is 10.8 Å². The zero-order chi connectivity index (χ0) is 11.4. The molecule has 0 atom stereocenters. The van der Waals surface area contributed by atoms with Crippen LogP contribution in [0.5, 0.6) is 0 Å². The van der Waals surface area contributed by atoms with E-state index in [1.54, 1.807) is 14.1 Å². The van der Waals surface area contributed by atoms with E-state index in [0.29, 0.717) is 0 Å². The topological polar surface area (TPSA) is 49.4 Å². The standard InChI is InChI=1S/C12H12N4/c1-13-15-11-7-8-12(16-14-2)10-6-4-3-5-9(10)11/h3-8H,1-2H3. The van der Waals surface area contributed by atoms with Crippen molar-refractivity contribution in [3.05, 3.63) is 36.4 Å².